The normalized spacial score (nSPS) is 20.0. The van der Waals surface area contributed by atoms with Crippen LogP contribution in [0.25, 0.3) is 0 Å². The van der Waals surface area contributed by atoms with Crippen molar-refractivity contribution < 1.29 is 28.8 Å². The molecule has 5 atom stereocenters. The first-order valence-electron chi connectivity index (χ1n) is 15.2. The van der Waals surface area contributed by atoms with E-state index < -0.39 is 59.7 Å². The van der Waals surface area contributed by atoms with Gasteiger partial charge in [-0.2, -0.15) is 0 Å². The Bertz CT molecular complexity index is 1070. The predicted molar refractivity (Wildman–Crippen MR) is 162 cm³/mol. The van der Waals surface area contributed by atoms with Crippen molar-refractivity contribution in [3.05, 3.63) is 0 Å². The van der Waals surface area contributed by atoms with E-state index in [9.17, 15) is 28.8 Å². The predicted octanol–water partition coefficient (Wildman–Crippen LogP) is -3.80. The number of unbranched alkanes of at least 4 members (excludes halogenated alkanes) is 1. The van der Waals surface area contributed by atoms with Crippen LogP contribution >= 0.6 is 0 Å². The number of nitrogens with one attached hydrogen (secondary N) is 2. The zero-order chi connectivity index (χ0) is 32.8. The van der Waals surface area contributed by atoms with Gasteiger partial charge in [0, 0.05) is 26.1 Å². The summed E-state index contributed by atoms with van der Waals surface area (Å²) in [5.41, 5.74) is 33.0. The van der Waals surface area contributed by atoms with Crippen LogP contribution in [-0.4, -0.2) is 108 Å². The third-order valence-corrected chi connectivity index (χ3v) is 7.86. The molecule has 248 valence electrons. The van der Waals surface area contributed by atoms with Crippen LogP contribution in [0.5, 0.6) is 0 Å². The molecule has 2 rings (SSSR count). The van der Waals surface area contributed by atoms with Gasteiger partial charge in [-0.3, -0.25) is 33.8 Å². The summed E-state index contributed by atoms with van der Waals surface area (Å²) < 4.78 is 0. The Morgan fingerprint density at radius 1 is 0.750 bits per heavy atom. The highest BCUT2D eigenvalue weighted by Gasteiger charge is 2.41. The molecule has 0 aromatic carbocycles. The Balaban J connectivity index is 2.11. The average molecular weight is 624 g/mol. The van der Waals surface area contributed by atoms with Gasteiger partial charge in [0.1, 0.15) is 24.2 Å². The quantitative estimate of drug-likeness (QED) is 0.0418. The van der Waals surface area contributed by atoms with E-state index in [4.69, 9.17) is 34.4 Å². The van der Waals surface area contributed by atoms with Crippen molar-refractivity contribution in [1.82, 2.24) is 20.4 Å². The molecule has 2 aliphatic rings. The highest BCUT2D eigenvalue weighted by molar-refractivity contribution is 5.96. The molecule has 2 aliphatic heterocycles. The van der Waals surface area contributed by atoms with E-state index in [1.165, 1.54) is 9.80 Å². The first kappa shape index (κ1) is 36.2. The van der Waals surface area contributed by atoms with Crippen LogP contribution in [0.1, 0.15) is 70.6 Å². The Kier molecular flexibility index (Phi) is 14.8. The minimum absolute atomic E-state index is 0.0484. The zero-order valence-electron chi connectivity index (χ0n) is 25.2. The van der Waals surface area contributed by atoms with E-state index >= 15 is 0 Å². The maximum Gasteiger partial charge on any atom is 0.245 e. The van der Waals surface area contributed by atoms with E-state index in [-0.39, 0.29) is 37.7 Å². The van der Waals surface area contributed by atoms with Gasteiger partial charge in [0.25, 0.3) is 0 Å². The fourth-order valence-corrected chi connectivity index (χ4v) is 5.52. The maximum absolute atomic E-state index is 13.8. The first-order chi connectivity index (χ1) is 20.9. The monoisotopic (exact) mass is 623 g/mol. The smallest absolute Gasteiger partial charge is 0.245 e. The topological polar surface area (TPSA) is 301 Å². The summed E-state index contributed by atoms with van der Waals surface area (Å²) in [7, 11) is 0. The highest BCUT2D eigenvalue weighted by Crippen LogP contribution is 2.22. The molecule has 2 fully saturated rings. The minimum Gasteiger partial charge on any atom is -0.370 e. The van der Waals surface area contributed by atoms with E-state index in [2.05, 4.69) is 15.6 Å². The van der Waals surface area contributed by atoms with Crippen LogP contribution in [0.2, 0.25) is 0 Å². The summed E-state index contributed by atoms with van der Waals surface area (Å²) in [5.74, 6) is -3.40. The SMILES string of the molecule is NCCCC[C@H](NC(=O)[C@@H]1CCCN1C(=O)[C@@H](N)CCCN=C(N)N)C(=O)N1CCC[C@H]1C(=O)N[C@@H](CCC(N)=O)C(N)=O. The van der Waals surface area contributed by atoms with E-state index in [1.54, 1.807) is 0 Å². The summed E-state index contributed by atoms with van der Waals surface area (Å²) in [4.78, 5) is 83.2. The maximum atomic E-state index is 13.8. The van der Waals surface area contributed by atoms with E-state index in [1.807, 2.05) is 0 Å². The van der Waals surface area contributed by atoms with Gasteiger partial charge in [0.2, 0.25) is 35.4 Å². The van der Waals surface area contributed by atoms with Crippen LogP contribution in [-0.2, 0) is 28.8 Å². The number of hydrogen-bond donors (Lipinski definition) is 8. The number of likely N-dealkylation sites (tertiary alicyclic amines) is 2. The number of carbonyl (C=O) groups excluding carboxylic acids is 6. The molecule has 6 amide bonds. The number of guanidine groups is 1. The summed E-state index contributed by atoms with van der Waals surface area (Å²) in [6.45, 7) is 1.35. The number of aliphatic imine (C=N–C) groups is 1. The number of amides is 6. The molecular weight excluding hydrogens is 574 g/mol. The molecule has 0 bridgehead atoms. The fraction of sp³-hybridized carbons (Fsp3) is 0.741. The summed E-state index contributed by atoms with van der Waals surface area (Å²) >= 11 is 0. The second-order valence-corrected chi connectivity index (χ2v) is 11.2. The molecule has 0 unspecified atom stereocenters. The molecule has 0 radical (unpaired) electrons. The molecule has 17 heteroatoms. The zero-order valence-corrected chi connectivity index (χ0v) is 25.2. The molecule has 14 N–H and O–H groups in total. The first-order valence-corrected chi connectivity index (χ1v) is 15.2. The molecule has 17 nitrogen and oxygen atoms in total. The number of nitrogens with two attached hydrogens (primary N) is 6. The number of nitrogens with zero attached hydrogens (tertiary/aromatic N) is 3. The Labute approximate surface area is 257 Å². The van der Waals surface area contributed by atoms with Crippen LogP contribution in [0, 0.1) is 0 Å². The molecule has 44 heavy (non-hydrogen) atoms. The Hall–Kier alpha value is -3.99. The second kappa shape index (κ2) is 18.0. The van der Waals surface area contributed by atoms with E-state index in [0.717, 1.165) is 0 Å². The second-order valence-electron chi connectivity index (χ2n) is 11.2. The van der Waals surface area contributed by atoms with Crippen molar-refractivity contribution in [2.45, 2.75) is 101 Å². The molecule has 2 saturated heterocycles. The third kappa shape index (κ3) is 10.9. The molecule has 0 spiro atoms. The van der Waals surface area contributed by atoms with Crippen molar-refractivity contribution in [3.8, 4) is 0 Å². The largest absolute Gasteiger partial charge is 0.370 e. The third-order valence-electron chi connectivity index (χ3n) is 7.86. The lowest BCUT2D eigenvalue weighted by Gasteiger charge is -2.31. The van der Waals surface area contributed by atoms with Gasteiger partial charge in [-0.05, 0) is 70.8 Å². The van der Waals surface area contributed by atoms with Gasteiger partial charge < -0.3 is 54.8 Å². The van der Waals surface area contributed by atoms with Gasteiger partial charge in [-0.1, -0.05) is 0 Å². The van der Waals surface area contributed by atoms with Gasteiger partial charge >= 0.3 is 0 Å². The van der Waals surface area contributed by atoms with Gasteiger partial charge in [-0.15, -0.1) is 0 Å². The number of carbonyl (C=O) groups is 6. The van der Waals surface area contributed by atoms with Crippen molar-refractivity contribution in [3.63, 3.8) is 0 Å². The van der Waals surface area contributed by atoms with Gasteiger partial charge in [0.05, 0.1) is 6.04 Å². The van der Waals surface area contributed by atoms with Crippen molar-refractivity contribution in [2.75, 3.05) is 26.2 Å². The van der Waals surface area contributed by atoms with Crippen molar-refractivity contribution >= 4 is 41.4 Å². The van der Waals surface area contributed by atoms with Crippen LogP contribution in [0.3, 0.4) is 0 Å². The molecule has 0 aliphatic carbocycles. The van der Waals surface area contributed by atoms with Gasteiger partial charge in [0.15, 0.2) is 5.96 Å². The Morgan fingerprint density at radius 2 is 1.32 bits per heavy atom. The van der Waals surface area contributed by atoms with Crippen molar-refractivity contribution in [1.29, 1.82) is 0 Å². The lowest BCUT2D eigenvalue weighted by molar-refractivity contribution is -0.144. The number of rotatable bonds is 18. The minimum atomic E-state index is -1.13. The Morgan fingerprint density at radius 3 is 1.84 bits per heavy atom. The number of hydrogen-bond acceptors (Lipinski definition) is 9. The molecule has 0 aromatic heterocycles. The summed E-state index contributed by atoms with van der Waals surface area (Å²) in [5, 5.41) is 5.36. The molecule has 2 heterocycles. The highest BCUT2D eigenvalue weighted by atomic mass is 16.2. The van der Waals surface area contributed by atoms with Crippen LogP contribution in [0.4, 0.5) is 0 Å². The lowest BCUT2D eigenvalue weighted by Crippen LogP contribution is -2.58. The number of primary amides is 2. The van der Waals surface area contributed by atoms with Crippen molar-refractivity contribution in [2.24, 2.45) is 39.4 Å². The van der Waals surface area contributed by atoms with Gasteiger partial charge in [-0.25, -0.2) is 0 Å². The standard InChI is InChI=1S/C27H49N11O6/c28-12-2-1-7-18(26(44)38-15-5-9-20(38)23(41)35-17(22(31)40)10-11-21(30)39)36-24(42)19-8-4-14-37(19)25(43)16(29)6-3-13-34-27(32)33/h16-20H,1-15,28-29H2,(H2,30,39)(H2,31,40)(H,35,41)(H,36,42)(H4,32,33,34)/t16-,17-,18-,19-,20-/m0/s1. The average Bonchev–Trinajstić information content (AvgIpc) is 3.66. The van der Waals surface area contributed by atoms with E-state index in [0.29, 0.717) is 71.0 Å². The molecule has 0 aromatic rings. The van der Waals surface area contributed by atoms with Crippen LogP contribution < -0.4 is 45.0 Å². The lowest BCUT2D eigenvalue weighted by atomic mass is 10.0. The molecule has 0 saturated carbocycles. The summed E-state index contributed by atoms with van der Waals surface area (Å²) in [6, 6.07) is -4.62. The van der Waals surface area contributed by atoms with Crippen LogP contribution in [0.15, 0.2) is 4.99 Å². The fourth-order valence-electron chi connectivity index (χ4n) is 5.52. The molecular formula is C27H49N11O6. The summed E-state index contributed by atoms with van der Waals surface area (Å²) in [6.07, 6.45) is 3.93.